The van der Waals surface area contributed by atoms with Crippen molar-refractivity contribution in [3.8, 4) is 0 Å². The maximum absolute atomic E-state index is 13.7. The van der Waals surface area contributed by atoms with Gasteiger partial charge >= 0.3 is 0 Å². The minimum absolute atomic E-state index is 0.0126. The number of nitrogens with zero attached hydrogens (tertiary/aromatic N) is 3. The number of hydrogen-bond donors (Lipinski definition) is 1. The van der Waals surface area contributed by atoms with Gasteiger partial charge in [0.2, 0.25) is 0 Å². The number of nitrogens with two attached hydrogens (primary N) is 1. The van der Waals surface area contributed by atoms with Gasteiger partial charge in [0.25, 0.3) is 11.6 Å². The lowest BCUT2D eigenvalue weighted by molar-refractivity contribution is 0.0986. The van der Waals surface area contributed by atoms with E-state index in [0.717, 1.165) is 72.2 Å². The van der Waals surface area contributed by atoms with E-state index < -0.39 is 0 Å². The van der Waals surface area contributed by atoms with Gasteiger partial charge in [-0.15, -0.1) is 0 Å². The molecule has 1 fully saturated rings. The molecule has 6 heteroatoms. The highest BCUT2D eigenvalue weighted by atomic mass is 16.5. The minimum atomic E-state index is -0.0126. The average molecular weight is 376 g/mol. The second-order valence-electron chi connectivity index (χ2n) is 7.83. The third-order valence-electron chi connectivity index (χ3n) is 5.78. The molecule has 1 aromatic carbocycles. The zero-order valence-electron chi connectivity index (χ0n) is 16.1. The molecule has 2 aliphatic rings. The summed E-state index contributed by atoms with van der Waals surface area (Å²) in [6.45, 7) is 2.78. The van der Waals surface area contributed by atoms with Crippen molar-refractivity contribution in [1.29, 1.82) is 0 Å². The lowest BCUT2D eigenvalue weighted by atomic mass is 9.98. The number of hydrogen-bond acceptors (Lipinski definition) is 5. The predicted molar refractivity (Wildman–Crippen MR) is 109 cm³/mol. The summed E-state index contributed by atoms with van der Waals surface area (Å²) in [6.07, 6.45) is 5.74. The van der Waals surface area contributed by atoms with Crippen LogP contribution in [0.1, 0.15) is 65.8 Å². The fourth-order valence-electron chi connectivity index (χ4n) is 4.20. The molecule has 1 aliphatic heterocycles. The fraction of sp³-hybridized carbons (Fsp3) is 0.409. The van der Waals surface area contributed by atoms with Gasteiger partial charge in [-0.05, 0) is 55.9 Å². The van der Waals surface area contributed by atoms with E-state index >= 15 is 0 Å². The molecule has 0 bridgehead atoms. The maximum atomic E-state index is 13.7. The number of benzene rings is 1. The summed E-state index contributed by atoms with van der Waals surface area (Å²) in [7, 11) is 0. The van der Waals surface area contributed by atoms with Gasteiger partial charge < -0.3 is 15.2 Å². The number of rotatable bonds is 4. The maximum Gasteiger partial charge on any atom is 0.259 e. The van der Waals surface area contributed by atoms with Crippen LogP contribution in [0.2, 0.25) is 0 Å². The molecule has 0 unspecified atom stereocenters. The van der Waals surface area contributed by atoms with Crippen LogP contribution in [0.25, 0.3) is 11.1 Å². The quantitative estimate of drug-likeness (QED) is 0.689. The lowest BCUT2D eigenvalue weighted by Gasteiger charge is -2.30. The van der Waals surface area contributed by atoms with Gasteiger partial charge in [0.15, 0.2) is 0 Å². The molecule has 1 amide bonds. The highest BCUT2D eigenvalue weighted by molar-refractivity contribution is 6.14. The van der Waals surface area contributed by atoms with E-state index in [1.807, 2.05) is 29.2 Å². The smallest absolute Gasteiger partial charge is 0.259 e. The Bertz CT molecular complexity index is 1070. The number of pyridine rings is 1. The van der Waals surface area contributed by atoms with E-state index in [1.165, 1.54) is 0 Å². The zero-order chi connectivity index (χ0) is 19.3. The molecule has 0 saturated heterocycles. The Morgan fingerprint density at radius 1 is 1.36 bits per heavy atom. The first kappa shape index (κ1) is 17.2. The SMILES string of the molecule is CCCc1noc2nc(C3CC3)cc(C(=O)N3CCCc4c(N)cccc43)c12. The summed E-state index contributed by atoms with van der Waals surface area (Å²) >= 11 is 0. The third kappa shape index (κ3) is 2.75. The van der Waals surface area contributed by atoms with Gasteiger partial charge in [0, 0.05) is 29.5 Å². The second-order valence-corrected chi connectivity index (χ2v) is 7.83. The number of carbonyl (C=O) groups is 1. The van der Waals surface area contributed by atoms with Crippen molar-refractivity contribution in [2.75, 3.05) is 17.2 Å². The first-order chi connectivity index (χ1) is 13.7. The van der Waals surface area contributed by atoms with Gasteiger partial charge in [-0.1, -0.05) is 24.6 Å². The topological polar surface area (TPSA) is 85.2 Å². The summed E-state index contributed by atoms with van der Waals surface area (Å²) in [5, 5.41) is 4.99. The van der Waals surface area contributed by atoms with Crippen LogP contribution in [0.5, 0.6) is 0 Å². The number of nitrogen functional groups attached to an aromatic ring is 1. The van der Waals surface area contributed by atoms with Crippen LogP contribution in [0.15, 0.2) is 28.8 Å². The number of anilines is 2. The zero-order valence-corrected chi connectivity index (χ0v) is 16.1. The van der Waals surface area contributed by atoms with Gasteiger partial charge in [-0.3, -0.25) is 4.79 Å². The Morgan fingerprint density at radius 2 is 2.21 bits per heavy atom. The normalized spacial score (nSPS) is 16.4. The molecule has 28 heavy (non-hydrogen) atoms. The highest BCUT2D eigenvalue weighted by Crippen LogP contribution is 2.41. The molecule has 3 heterocycles. The molecule has 1 saturated carbocycles. The first-order valence-electron chi connectivity index (χ1n) is 10.2. The van der Waals surface area contributed by atoms with Crippen molar-refractivity contribution < 1.29 is 9.32 Å². The Morgan fingerprint density at radius 3 is 3.00 bits per heavy atom. The van der Waals surface area contributed by atoms with Crippen molar-refractivity contribution in [2.24, 2.45) is 0 Å². The van der Waals surface area contributed by atoms with Crippen LogP contribution in [0.4, 0.5) is 11.4 Å². The van der Waals surface area contributed by atoms with Crippen LogP contribution in [0.3, 0.4) is 0 Å². The molecule has 2 N–H and O–H groups in total. The van der Waals surface area contributed by atoms with Gasteiger partial charge in [0.05, 0.1) is 16.6 Å². The summed E-state index contributed by atoms with van der Waals surface area (Å²) in [6, 6.07) is 7.78. The van der Waals surface area contributed by atoms with E-state index in [0.29, 0.717) is 23.7 Å². The molecule has 5 rings (SSSR count). The summed E-state index contributed by atoms with van der Waals surface area (Å²) in [5.74, 6) is 0.418. The summed E-state index contributed by atoms with van der Waals surface area (Å²) in [5.41, 5.74) is 11.8. The van der Waals surface area contributed by atoms with Crippen molar-refractivity contribution in [1.82, 2.24) is 10.1 Å². The second kappa shape index (κ2) is 6.62. The largest absolute Gasteiger partial charge is 0.398 e. The van der Waals surface area contributed by atoms with E-state index in [-0.39, 0.29) is 5.91 Å². The molecule has 0 radical (unpaired) electrons. The number of fused-ring (bicyclic) bond motifs is 2. The van der Waals surface area contributed by atoms with Crippen molar-refractivity contribution >= 4 is 28.4 Å². The van der Waals surface area contributed by atoms with Gasteiger partial charge in [-0.25, -0.2) is 4.98 Å². The molecule has 3 aromatic rings. The van der Waals surface area contributed by atoms with Crippen molar-refractivity contribution in [3.05, 3.63) is 46.8 Å². The van der Waals surface area contributed by atoms with Crippen molar-refractivity contribution in [3.63, 3.8) is 0 Å². The highest BCUT2D eigenvalue weighted by Gasteiger charge is 2.32. The Labute approximate surface area is 163 Å². The predicted octanol–water partition coefficient (Wildman–Crippen LogP) is 4.23. The third-order valence-corrected chi connectivity index (χ3v) is 5.78. The molecule has 1 aliphatic carbocycles. The summed E-state index contributed by atoms with van der Waals surface area (Å²) in [4.78, 5) is 20.3. The van der Waals surface area contributed by atoms with E-state index in [4.69, 9.17) is 10.3 Å². The van der Waals surface area contributed by atoms with Crippen LogP contribution in [0, 0.1) is 0 Å². The van der Waals surface area contributed by atoms with E-state index in [2.05, 4.69) is 17.1 Å². The molecule has 144 valence electrons. The number of aromatic nitrogens is 2. The monoisotopic (exact) mass is 376 g/mol. The number of amides is 1. The van der Waals surface area contributed by atoms with Crippen LogP contribution < -0.4 is 10.6 Å². The number of carbonyl (C=O) groups excluding carboxylic acids is 1. The minimum Gasteiger partial charge on any atom is -0.398 e. The van der Waals surface area contributed by atoms with Crippen LogP contribution in [-0.4, -0.2) is 22.6 Å². The number of aryl methyl sites for hydroxylation is 1. The molecule has 0 spiro atoms. The Balaban J connectivity index is 1.65. The fourth-order valence-corrected chi connectivity index (χ4v) is 4.20. The van der Waals surface area contributed by atoms with Gasteiger partial charge in [-0.2, -0.15) is 0 Å². The summed E-state index contributed by atoms with van der Waals surface area (Å²) < 4.78 is 5.54. The van der Waals surface area contributed by atoms with E-state index in [9.17, 15) is 4.79 Å². The molecule has 2 aromatic heterocycles. The molecular formula is C22H24N4O2. The Kier molecular flexibility index (Phi) is 4.07. The Hall–Kier alpha value is -2.89. The van der Waals surface area contributed by atoms with E-state index in [1.54, 1.807) is 0 Å². The van der Waals surface area contributed by atoms with Gasteiger partial charge in [0.1, 0.15) is 0 Å². The first-order valence-corrected chi connectivity index (χ1v) is 10.2. The van der Waals surface area contributed by atoms with Crippen molar-refractivity contribution in [2.45, 2.75) is 51.4 Å². The average Bonchev–Trinajstić information content (AvgIpc) is 3.49. The molecular weight excluding hydrogens is 352 g/mol. The lowest BCUT2D eigenvalue weighted by Crippen LogP contribution is -2.36. The van der Waals surface area contributed by atoms with Crippen LogP contribution in [-0.2, 0) is 12.8 Å². The van der Waals surface area contributed by atoms with Crippen LogP contribution >= 0.6 is 0 Å². The standard InChI is InChI=1S/C22H24N4O2/c1-2-5-17-20-15(12-18(13-9-10-13)24-21(20)28-25-17)22(27)26-11-4-6-14-16(23)7-3-8-19(14)26/h3,7-8,12-13H,2,4-6,9-11,23H2,1H3. The molecule has 0 atom stereocenters. The molecule has 6 nitrogen and oxygen atoms in total.